The molecular weight excluding hydrogens is 680 g/mol. The molecule has 0 unspecified atom stereocenters. The zero-order valence-electron chi connectivity index (χ0n) is 22.0. The normalized spacial score (nSPS) is 9.95. The Morgan fingerprint density at radius 2 is 1.30 bits per heavy atom. The van der Waals surface area contributed by atoms with Crippen LogP contribution in [-0.4, -0.2) is 36.9 Å². The molecule has 0 fully saturated rings. The van der Waals surface area contributed by atoms with Crippen LogP contribution in [0.3, 0.4) is 0 Å². The van der Waals surface area contributed by atoms with Crippen LogP contribution in [0.1, 0.15) is 31.8 Å². The molecule has 0 atom stereocenters. The molecule has 4 aromatic carbocycles. The third-order valence-electron chi connectivity index (χ3n) is 5.63. The van der Waals surface area contributed by atoms with Crippen molar-refractivity contribution in [3.05, 3.63) is 116 Å². The van der Waals surface area contributed by atoms with Crippen molar-refractivity contribution in [3.63, 3.8) is 0 Å². The van der Waals surface area contributed by atoms with E-state index >= 15 is 0 Å². The number of benzene rings is 4. The van der Waals surface area contributed by atoms with E-state index in [1.165, 1.54) is 18.2 Å². The lowest BCUT2D eigenvalue weighted by Gasteiger charge is -2.01. The number of halogens is 2. The summed E-state index contributed by atoms with van der Waals surface area (Å²) in [5, 5.41) is 28.4. The highest BCUT2D eigenvalue weighted by molar-refractivity contribution is 9.10. The average molecular weight is 700 g/mol. The molecule has 6 N–H and O–H groups in total. The number of carboxylic acid groups (broad SMARTS) is 1. The number of fused-ring (bicyclic) bond motifs is 2. The Morgan fingerprint density at radius 1 is 0.767 bits per heavy atom. The number of aromatic nitrogens is 4. The molecule has 0 bridgehead atoms. The largest absolute Gasteiger partial charge is 0.478 e. The van der Waals surface area contributed by atoms with E-state index < -0.39 is 5.97 Å². The number of amides is 1. The lowest BCUT2D eigenvalue weighted by Crippen LogP contribution is -2.12. The number of rotatable bonds is 3. The number of carboxylic acids is 1. The zero-order valence-corrected chi connectivity index (χ0v) is 25.1. The van der Waals surface area contributed by atoms with Gasteiger partial charge in [0.25, 0.3) is 5.91 Å². The fourth-order valence-electron chi connectivity index (χ4n) is 3.67. The smallest absolute Gasteiger partial charge is 0.335 e. The van der Waals surface area contributed by atoms with Crippen LogP contribution < -0.4 is 11.1 Å². The van der Waals surface area contributed by atoms with Crippen molar-refractivity contribution in [2.75, 3.05) is 11.1 Å². The minimum atomic E-state index is -1.01. The average Bonchev–Trinajstić information content (AvgIpc) is 3.58. The van der Waals surface area contributed by atoms with Crippen molar-refractivity contribution in [3.8, 4) is 12.1 Å². The van der Waals surface area contributed by atoms with Crippen LogP contribution in [0, 0.1) is 22.7 Å². The number of nitrogen functional groups attached to an aromatic ring is 1. The first-order chi connectivity index (χ1) is 20.6. The molecule has 6 aromatic rings. The van der Waals surface area contributed by atoms with E-state index in [9.17, 15) is 9.59 Å². The van der Waals surface area contributed by atoms with Crippen LogP contribution >= 0.6 is 31.9 Å². The molecule has 0 saturated carbocycles. The molecule has 0 aliphatic rings. The first kappa shape index (κ1) is 30.5. The van der Waals surface area contributed by atoms with Crippen molar-refractivity contribution < 1.29 is 14.7 Å². The topological polar surface area (TPSA) is 197 Å². The van der Waals surface area contributed by atoms with E-state index in [0.717, 1.165) is 31.0 Å². The summed E-state index contributed by atoms with van der Waals surface area (Å²) in [5.41, 5.74) is 10.3. The second-order valence-electron chi connectivity index (χ2n) is 8.67. The van der Waals surface area contributed by atoms with Gasteiger partial charge in [0, 0.05) is 14.5 Å². The number of nitriles is 2. The number of carbonyl (C=O) groups is 2. The first-order valence-electron chi connectivity index (χ1n) is 12.3. The van der Waals surface area contributed by atoms with Gasteiger partial charge in [-0.1, -0.05) is 44.0 Å². The standard InChI is InChI=1S/C15H9BrN4O.C8H5NO2.C7H6BrN3/c16-11-4-5-12-13(7-11)19-15(18-12)20-14(21)10-3-1-2-9(6-10)8-17;9-5-6-2-1-3-7(4-6)8(10)11;8-4-1-2-5-6(3-4)11-7(9)10-5/h1-7H,(H2,18,19,20,21);1-4H,(H,10,11);1-3H,(H3,9,10,11). The van der Waals surface area contributed by atoms with E-state index in [4.69, 9.17) is 21.4 Å². The minimum absolute atomic E-state index is 0.143. The fourth-order valence-corrected chi connectivity index (χ4v) is 4.40. The van der Waals surface area contributed by atoms with Gasteiger partial charge < -0.3 is 20.8 Å². The number of hydrogen-bond donors (Lipinski definition) is 5. The summed E-state index contributed by atoms with van der Waals surface area (Å²) in [6, 6.07) is 27.7. The molecular formula is C30H20Br2N8O3. The quantitative estimate of drug-likeness (QED) is 0.136. The van der Waals surface area contributed by atoms with Crippen molar-refractivity contribution in [1.29, 1.82) is 10.5 Å². The molecule has 212 valence electrons. The van der Waals surface area contributed by atoms with Crippen LogP contribution in [0.4, 0.5) is 11.9 Å². The van der Waals surface area contributed by atoms with Gasteiger partial charge >= 0.3 is 5.97 Å². The molecule has 0 spiro atoms. The van der Waals surface area contributed by atoms with Gasteiger partial charge in [0.15, 0.2) is 5.95 Å². The summed E-state index contributed by atoms with van der Waals surface area (Å²) in [6.07, 6.45) is 0. The second-order valence-corrected chi connectivity index (χ2v) is 10.5. The Hall–Kier alpha value is -5.50. The number of hydrogen-bond acceptors (Lipinski definition) is 7. The Balaban J connectivity index is 0.000000162. The Kier molecular flexibility index (Phi) is 9.85. The van der Waals surface area contributed by atoms with Crippen LogP contribution in [0.15, 0.2) is 93.9 Å². The number of carbonyl (C=O) groups excluding carboxylic acids is 1. The molecule has 0 saturated heterocycles. The lowest BCUT2D eigenvalue weighted by molar-refractivity contribution is 0.0696. The van der Waals surface area contributed by atoms with E-state index in [-0.39, 0.29) is 11.5 Å². The second kappa shape index (κ2) is 13.9. The molecule has 1 amide bonds. The van der Waals surface area contributed by atoms with Gasteiger partial charge in [-0.25, -0.2) is 14.8 Å². The number of anilines is 2. The molecule has 0 aliphatic heterocycles. The number of imidazole rings is 2. The molecule has 2 aromatic heterocycles. The molecule has 6 rings (SSSR count). The highest BCUT2D eigenvalue weighted by Gasteiger charge is 2.10. The summed E-state index contributed by atoms with van der Waals surface area (Å²) in [5.74, 6) is -0.499. The van der Waals surface area contributed by atoms with Crippen molar-refractivity contribution in [2.24, 2.45) is 0 Å². The van der Waals surface area contributed by atoms with E-state index in [1.54, 1.807) is 30.3 Å². The van der Waals surface area contributed by atoms with Gasteiger partial charge in [-0.3, -0.25) is 10.1 Å². The van der Waals surface area contributed by atoms with Crippen LogP contribution in [0.5, 0.6) is 0 Å². The monoisotopic (exact) mass is 698 g/mol. The Bertz CT molecular complexity index is 2040. The van der Waals surface area contributed by atoms with Crippen LogP contribution in [0.2, 0.25) is 0 Å². The number of aromatic carboxylic acids is 1. The Morgan fingerprint density at radius 3 is 1.88 bits per heavy atom. The van der Waals surface area contributed by atoms with Crippen molar-refractivity contribution in [1.82, 2.24) is 19.9 Å². The fraction of sp³-hybridized carbons (Fsp3) is 0. The first-order valence-corrected chi connectivity index (χ1v) is 13.8. The predicted molar refractivity (Wildman–Crippen MR) is 169 cm³/mol. The highest BCUT2D eigenvalue weighted by atomic mass is 79.9. The van der Waals surface area contributed by atoms with Gasteiger partial charge in [0.1, 0.15) is 0 Å². The van der Waals surface area contributed by atoms with Crippen molar-refractivity contribution in [2.45, 2.75) is 0 Å². The molecule has 13 heteroatoms. The Labute approximate surface area is 261 Å². The summed E-state index contributed by atoms with van der Waals surface area (Å²) in [4.78, 5) is 36.8. The summed E-state index contributed by atoms with van der Waals surface area (Å²) in [6.45, 7) is 0. The molecule has 0 radical (unpaired) electrons. The lowest BCUT2D eigenvalue weighted by atomic mass is 10.1. The zero-order chi connectivity index (χ0) is 30.9. The van der Waals surface area contributed by atoms with Crippen molar-refractivity contribution >= 4 is 77.7 Å². The van der Waals surface area contributed by atoms with Gasteiger partial charge in [-0.2, -0.15) is 10.5 Å². The number of nitrogens with zero attached hydrogens (tertiary/aromatic N) is 4. The van der Waals surface area contributed by atoms with E-state index in [2.05, 4.69) is 57.1 Å². The third kappa shape index (κ3) is 8.27. The maximum Gasteiger partial charge on any atom is 0.335 e. The van der Waals surface area contributed by atoms with E-state index in [0.29, 0.717) is 28.6 Å². The third-order valence-corrected chi connectivity index (χ3v) is 6.62. The minimum Gasteiger partial charge on any atom is -0.478 e. The predicted octanol–water partition coefficient (Wildman–Crippen LogP) is 6.61. The number of aromatic amines is 2. The maximum absolute atomic E-state index is 12.1. The number of nitrogens with one attached hydrogen (secondary N) is 3. The molecule has 0 aliphatic carbocycles. The van der Waals surface area contributed by atoms with Gasteiger partial charge in [-0.05, 0) is 72.8 Å². The van der Waals surface area contributed by atoms with Gasteiger partial charge in [0.2, 0.25) is 5.95 Å². The SMILES string of the molecule is N#Cc1cccc(C(=O)Nc2nc3ccc(Br)cc3[nH]2)c1.N#Cc1cccc(C(=O)O)c1.Nc1nc2ccc(Br)cc2[nH]1. The summed E-state index contributed by atoms with van der Waals surface area (Å²) < 4.78 is 1.95. The number of nitrogens with two attached hydrogens (primary N) is 1. The number of H-pyrrole nitrogens is 2. The molecule has 43 heavy (non-hydrogen) atoms. The summed E-state index contributed by atoms with van der Waals surface area (Å²) >= 11 is 6.73. The highest BCUT2D eigenvalue weighted by Crippen LogP contribution is 2.20. The molecule has 11 nitrogen and oxygen atoms in total. The maximum atomic E-state index is 12.1. The summed E-state index contributed by atoms with van der Waals surface area (Å²) in [7, 11) is 0. The van der Waals surface area contributed by atoms with Crippen LogP contribution in [0.25, 0.3) is 22.1 Å². The van der Waals surface area contributed by atoms with Crippen LogP contribution in [-0.2, 0) is 0 Å². The van der Waals surface area contributed by atoms with Gasteiger partial charge in [-0.15, -0.1) is 0 Å². The van der Waals surface area contributed by atoms with Gasteiger partial charge in [0.05, 0.1) is 50.9 Å². The van der Waals surface area contributed by atoms with E-state index in [1.807, 2.05) is 48.5 Å². The molecule has 2 heterocycles.